The first-order valence-corrected chi connectivity index (χ1v) is 7.00. The van der Waals surface area contributed by atoms with E-state index in [1.807, 2.05) is 23.6 Å². The number of carbonyl (C=O) groups is 1. The van der Waals surface area contributed by atoms with E-state index in [2.05, 4.69) is 10.6 Å². The van der Waals surface area contributed by atoms with Crippen molar-refractivity contribution in [3.63, 3.8) is 0 Å². The van der Waals surface area contributed by atoms with Crippen LogP contribution in [0.1, 0.15) is 24.1 Å². The molecule has 0 fully saturated rings. The van der Waals surface area contributed by atoms with Crippen LogP contribution in [0.3, 0.4) is 0 Å². The lowest BCUT2D eigenvalue weighted by atomic mass is 9.91. The van der Waals surface area contributed by atoms with Gasteiger partial charge >= 0.3 is 6.03 Å². The lowest BCUT2D eigenvalue weighted by Gasteiger charge is -2.27. The molecule has 5 heteroatoms. The summed E-state index contributed by atoms with van der Waals surface area (Å²) in [7, 11) is 0. The predicted molar refractivity (Wildman–Crippen MR) is 72.5 cm³/mol. The van der Waals surface area contributed by atoms with Crippen LogP contribution in [0.25, 0.3) is 0 Å². The zero-order chi connectivity index (χ0) is 12.8. The van der Waals surface area contributed by atoms with Crippen molar-refractivity contribution < 1.29 is 9.90 Å². The van der Waals surface area contributed by atoms with Crippen LogP contribution in [0, 0.1) is 0 Å². The third kappa shape index (κ3) is 3.85. The van der Waals surface area contributed by atoms with Gasteiger partial charge in [-0.25, -0.2) is 4.79 Å². The fraction of sp³-hybridized carbons (Fsp3) is 0.462. The topological polar surface area (TPSA) is 61.4 Å². The van der Waals surface area contributed by atoms with Gasteiger partial charge in [-0.3, -0.25) is 0 Å². The van der Waals surface area contributed by atoms with E-state index in [9.17, 15) is 9.90 Å². The van der Waals surface area contributed by atoms with Crippen LogP contribution >= 0.6 is 11.3 Å². The monoisotopic (exact) mass is 266 g/mol. The van der Waals surface area contributed by atoms with Gasteiger partial charge < -0.3 is 15.7 Å². The molecule has 1 aromatic rings. The maximum absolute atomic E-state index is 11.6. The Morgan fingerprint density at radius 1 is 1.50 bits per heavy atom. The Bertz CT molecular complexity index is 417. The number of aliphatic hydroxyl groups is 1. The largest absolute Gasteiger partial charge is 0.384 e. The van der Waals surface area contributed by atoms with E-state index >= 15 is 0 Å². The van der Waals surface area contributed by atoms with Gasteiger partial charge in [-0.05, 0) is 30.7 Å². The molecule has 0 bridgehead atoms. The molecule has 98 valence electrons. The number of nitrogens with one attached hydrogen (secondary N) is 2. The summed E-state index contributed by atoms with van der Waals surface area (Å²) in [4.78, 5) is 12.7. The second kappa shape index (κ2) is 6.02. The Labute approximate surface area is 111 Å². The van der Waals surface area contributed by atoms with Gasteiger partial charge in [-0.15, -0.1) is 11.3 Å². The molecule has 0 aromatic carbocycles. The zero-order valence-electron chi connectivity index (χ0n) is 10.2. The first-order chi connectivity index (χ1) is 8.68. The van der Waals surface area contributed by atoms with E-state index in [-0.39, 0.29) is 12.6 Å². The minimum atomic E-state index is -0.876. The number of hydrogen-bond donors (Lipinski definition) is 3. The molecule has 0 radical (unpaired) electrons. The Morgan fingerprint density at radius 3 is 3.06 bits per heavy atom. The van der Waals surface area contributed by atoms with Crippen molar-refractivity contribution in [2.24, 2.45) is 0 Å². The number of thiophene rings is 1. The highest BCUT2D eigenvalue weighted by Gasteiger charge is 2.25. The van der Waals surface area contributed by atoms with Gasteiger partial charge in [0.15, 0.2) is 0 Å². The van der Waals surface area contributed by atoms with Gasteiger partial charge in [0.2, 0.25) is 0 Å². The van der Waals surface area contributed by atoms with Crippen LogP contribution < -0.4 is 10.6 Å². The quantitative estimate of drug-likeness (QED) is 0.730. The smallest absolute Gasteiger partial charge is 0.315 e. The highest BCUT2D eigenvalue weighted by atomic mass is 32.1. The molecule has 1 aliphatic rings. The molecule has 2 amide bonds. The third-order valence-corrected chi connectivity index (χ3v) is 3.84. The van der Waals surface area contributed by atoms with Gasteiger partial charge in [-0.2, -0.15) is 0 Å². The fourth-order valence-corrected chi connectivity index (χ4v) is 2.58. The molecule has 2 rings (SSSR count). The number of carbonyl (C=O) groups excluding carboxylic acids is 1. The summed E-state index contributed by atoms with van der Waals surface area (Å²) in [5.41, 5.74) is -0.876. The first-order valence-electron chi connectivity index (χ1n) is 6.12. The summed E-state index contributed by atoms with van der Waals surface area (Å²) in [5.74, 6) is 0. The standard InChI is InChI=1S/C13H18N2O2S/c16-12(14-9-11-5-4-8-18-11)15-10-13(17)6-2-1-3-7-13/h2,4-6,8,17H,1,3,7,9-10H2,(H2,14,15,16)/t13-/m1/s1. The lowest BCUT2D eigenvalue weighted by Crippen LogP contribution is -2.45. The Balaban J connectivity index is 1.71. The maximum Gasteiger partial charge on any atom is 0.315 e. The van der Waals surface area contributed by atoms with Crippen molar-refractivity contribution in [2.45, 2.75) is 31.4 Å². The predicted octanol–water partition coefficient (Wildman–Crippen LogP) is 2.02. The normalized spacial score (nSPS) is 22.7. The molecule has 3 N–H and O–H groups in total. The highest BCUT2D eigenvalue weighted by molar-refractivity contribution is 7.09. The van der Waals surface area contributed by atoms with Crippen molar-refractivity contribution in [2.75, 3.05) is 6.54 Å². The molecule has 0 saturated heterocycles. The van der Waals surface area contributed by atoms with Gasteiger partial charge in [0.1, 0.15) is 5.60 Å². The highest BCUT2D eigenvalue weighted by Crippen LogP contribution is 2.20. The number of allylic oxidation sites excluding steroid dienone is 1. The van der Waals surface area contributed by atoms with E-state index in [4.69, 9.17) is 0 Å². The Hall–Kier alpha value is -1.33. The molecule has 0 spiro atoms. The summed E-state index contributed by atoms with van der Waals surface area (Å²) in [5, 5.41) is 17.6. The van der Waals surface area contributed by atoms with Gasteiger partial charge in [0.25, 0.3) is 0 Å². The minimum Gasteiger partial charge on any atom is -0.384 e. The van der Waals surface area contributed by atoms with Crippen molar-refractivity contribution >= 4 is 17.4 Å². The van der Waals surface area contributed by atoms with Crippen molar-refractivity contribution in [1.29, 1.82) is 0 Å². The first kappa shape index (κ1) is 13.1. The number of rotatable bonds is 4. The van der Waals surface area contributed by atoms with E-state index in [1.54, 1.807) is 17.4 Å². The van der Waals surface area contributed by atoms with Gasteiger partial charge in [-0.1, -0.05) is 18.2 Å². The second-order valence-corrected chi connectivity index (χ2v) is 5.55. The molecule has 0 unspecified atom stereocenters. The molecule has 18 heavy (non-hydrogen) atoms. The number of hydrogen-bond acceptors (Lipinski definition) is 3. The molecule has 1 aliphatic carbocycles. The van der Waals surface area contributed by atoms with E-state index < -0.39 is 5.60 Å². The zero-order valence-corrected chi connectivity index (χ0v) is 11.0. The SMILES string of the molecule is O=C(NCc1cccs1)NC[C@@]1(O)C=CCCC1. The molecular weight excluding hydrogens is 248 g/mol. The van der Waals surface area contributed by atoms with Crippen LogP contribution in [-0.4, -0.2) is 23.3 Å². The van der Waals surface area contributed by atoms with Crippen LogP contribution in [0.2, 0.25) is 0 Å². The summed E-state index contributed by atoms with van der Waals surface area (Å²) >= 11 is 1.61. The maximum atomic E-state index is 11.6. The Kier molecular flexibility index (Phi) is 4.38. The van der Waals surface area contributed by atoms with E-state index in [0.717, 1.165) is 17.7 Å². The summed E-state index contributed by atoms with van der Waals surface area (Å²) < 4.78 is 0. The van der Waals surface area contributed by atoms with Crippen molar-refractivity contribution in [3.05, 3.63) is 34.5 Å². The number of amides is 2. The average Bonchev–Trinajstić information content (AvgIpc) is 2.88. The van der Waals surface area contributed by atoms with Crippen LogP contribution in [0.4, 0.5) is 4.79 Å². The molecular formula is C13H18N2O2S. The molecule has 1 aromatic heterocycles. The number of urea groups is 1. The van der Waals surface area contributed by atoms with Gasteiger partial charge in [0, 0.05) is 4.88 Å². The molecule has 1 atom stereocenters. The molecule has 4 nitrogen and oxygen atoms in total. The summed E-state index contributed by atoms with van der Waals surface area (Å²) in [6.07, 6.45) is 6.43. The average molecular weight is 266 g/mol. The molecule has 0 aliphatic heterocycles. The van der Waals surface area contributed by atoms with Gasteiger partial charge in [0.05, 0.1) is 13.1 Å². The van der Waals surface area contributed by atoms with Crippen LogP contribution in [-0.2, 0) is 6.54 Å². The third-order valence-electron chi connectivity index (χ3n) is 2.97. The minimum absolute atomic E-state index is 0.240. The molecule has 0 saturated carbocycles. The second-order valence-electron chi connectivity index (χ2n) is 4.51. The summed E-state index contributed by atoms with van der Waals surface area (Å²) in [6.45, 7) is 0.789. The summed E-state index contributed by atoms with van der Waals surface area (Å²) in [6, 6.07) is 3.69. The fourth-order valence-electron chi connectivity index (χ4n) is 1.94. The Morgan fingerprint density at radius 2 is 2.39 bits per heavy atom. The molecule has 1 heterocycles. The van der Waals surface area contributed by atoms with E-state index in [0.29, 0.717) is 13.0 Å². The van der Waals surface area contributed by atoms with Crippen molar-refractivity contribution in [3.8, 4) is 0 Å². The van der Waals surface area contributed by atoms with Crippen molar-refractivity contribution in [1.82, 2.24) is 10.6 Å². The van der Waals surface area contributed by atoms with Crippen LogP contribution in [0.5, 0.6) is 0 Å². The van der Waals surface area contributed by atoms with E-state index in [1.165, 1.54) is 0 Å². The lowest BCUT2D eigenvalue weighted by molar-refractivity contribution is 0.0762. The van der Waals surface area contributed by atoms with Crippen LogP contribution in [0.15, 0.2) is 29.7 Å².